The standard InChI is InChI=1S/C27H33N7O2/c1-17(2)24-25(30-31-26(24)21-12-18(3)27-28-16-29-34(27)13-21)20-8-6-19(7-9-20)22-14-33(10-11-36-22)23(35)15-32(4)5/h6-9,12-13,16-17,22H,10-11,14-15H2,1-5H3,(H,30,31). The molecule has 9 nitrogen and oxygen atoms in total. The van der Waals surface area contributed by atoms with Crippen molar-refractivity contribution in [3.63, 3.8) is 0 Å². The molecular formula is C27H33N7O2. The summed E-state index contributed by atoms with van der Waals surface area (Å²) in [4.78, 5) is 20.7. The summed E-state index contributed by atoms with van der Waals surface area (Å²) < 4.78 is 7.82. The van der Waals surface area contributed by atoms with E-state index in [0.29, 0.717) is 26.2 Å². The molecule has 1 aliphatic heterocycles. The van der Waals surface area contributed by atoms with E-state index in [-0.39, 0.29) is 17.9 Å². The van der Waals surface area contributed by atoms with Crippen LogP contribution in [0.15, 0.2) is 42.9 Å². The zero-order valence-electron chi connectivity index (χ0n) is 21.5. The molecule has 9 heteroatoms. The van der Waals surface area contributed by atoms with Crippen molar-refractivity contribution in [2.45, 2.75) is 32.8 Å². The highest BCUT2D eigenvalue weighted by molar-refractivity contribution is 5.78. The topological polar surface area (TPSA) is 91.7 Å². The number of carbonyl (C=O) groups is 1. The molecule has 1 amide bonds. The molecule has 4 heterocycles. The van der Waals surface area contributed by atoms with E-state index in [1.165, 1.54) is 0 Å². The van der Waals surface area contributed by atoms with E-state index in [1.807, 2.05) is 37.0 Å². The van der Waals surface area contributed by atoms with E-state index in [9.17, 15) is 4.79 Å². The number of hydrogen-bond acceptors (Lipinski definition) is 6. The molecule has 4 aromatic rings. The smallest absolute Gasteiger partial charge is 0.236 e. The number of H-pyrrole nitrogens is 1. The summed E-state index contributed by atoms with van der Waals surface area (Å²) in [5, 5.41) is 12.3. The number of morpholine rings is 1. The molecule has 0 saturated carbocycles. The number of hydrogen-bond donors (Lipinski definition) is 1. The van der Waals surface area contributed by atoms with E-state index in [1.54, 1.807) is 10.8 Å². The number of fused-ring (bicyclic) bond motifs is 1. The summed E-state index contributed by atoms with van der Waals surface area (Å²) in [6.07, 6.45) is 3.42. The Morgan fingerprint density at radius 2 is 2.00 bits per heavy atom. The second kappa shape index (κ2) is 9.83. The van der Waals surface area contributed by atoms with Gasteiger partial charge < -0.3 is 14.5 Å². The van der Waals surface area contributed by atoms with Crippen molar-refractivity contribution < 1.29 is 9.53 Å². The number of pyridine rings is 1. The summed E-state index contributed by atoms with van der Waals surface area (Å²) in [7, 11) is 3.82. The summed E-state index contributed by atoms with van der Waals surface area (Å²) in [5.74, 6) is 0.397. The van der Waals surface area contributed by atoms with Gasteiger partial charge in [-0.05, 0) is 49.7 Å². The fourth-order valence-corrected chi connectivity index (χ4v) is 4.89. The van der Waals surface area contributed by atoms with Crippen molar-refractivity contribution in [2.24, 2.45) is 0 Å². The Kier molecular flexibility index (Phi) is 6.59. The maximum Gasteiger partial charge on any atom is 0.236 e. The molecule has 1 aromatic carbocycles. The molecule has 1 saturated heterocycles. The number of aromatic amines is 1. The van der Waals surface area contributed by atoms with Crippen LogP contribution in [-0.2, 0) is 9.53 Å². The van der Waals surface area contributed by atoms with Crippen LogP contribution < -0.4 is 0 Å². The number of nitrogens with zero attached hydrogens (tertiary/aromatic N) is 6. The third-order valence-corrected chi connectivity index (χ3v) is 6.66. The Morgan fingerprint density at radius 3 is 2.72 bits per heavy atom. The average Bonchev–Trinajstić information content (AvgIpc) is 3.51. The van der Waals surface area contributed by atoms with Crippen LogP contribution >= 0.6 is 0 Å². The van der Waals surface area contributed by atoms with Gasteiger partial charge in [-0.3, -0.25) is 9.89 Å². The molecular weight excluding hydrogens is 454 g/mol. The van der Waals surface area contributed by atoms with Gasteiger partial charge >= 0.3 is 0 Å². The lowest BCUT2D eigenvalue weighted by Crippen LogP contribution is -2.45. The number of aromatic nitrogens is 5. The van der Waals surface area contributed by atoms with Gasteiger partial charge in [-0.2, -0.15) is 10.2 Å². The Labute approximate surface area is 211 Å². The number of amides is 1. The number of benzene rings is 1. The fourth-order valence-electron chi connectivity index (χ4n) is 4.89. The van der Waals surface area contributed by atoms with Crippen LogP contribution in [0.4, 0.5) is 0 Å². The van der Waals surface area contributed by atoms with Crippen LogP contribution in [0.3, 0.4) is 0 Å². The summed E-state index contributed by atoms with van der Waals surface area (Å²) in [6, 6.07) is 10.5. The van der Waals surface area contributed by atoms with Gasteiger partial charge in [0.25, 0.3) is 0 Å². The van der Waals surface area contributed by atoms with Crippen molar-refractivity contribution in [3.8, 4) is 22.5 Å². The molecule has 36 heavy (non-hydrogen) atoms. The van der Waals surface area contributed by atoms with Crippen LogP contribution in [0.5, 0.6) is 0 Å². The molecule has 188 valence electrons. The second-order valence-corrected chi connectivity index (χ2v) is 10.0. The first-order valence-corrected chi connectivity index (χ1v) is 12.3. The lowest BCUT2D eigenvalue weighted by Gasteiger charge is -2.34. The Balaban J connectivity index is 1.41. The third-order valence-electron chi connectivity index (χ3n) is 6.66. The van der Waals surface area contributed by atoms with Gasteiger partial charge in [-0.15, -0.1) is 0 Å². The van der Waals surface area contributed by atoms with Crippen LogP contribution in [0.2, 0.25) is 0 Å². The lowest BCUT2D eigenvalue weighted by molar-refractivity contribution is -0.139. The van der Waals surface area contributed by atoms with Gasteiger partial charge in [0.2, 0.25) is 5.91 Å². The molecule has 1 aliphatic rings. The van der Waals surface area contributed by atoms with Gasteiger partial charge in [0, 0.05) is 23.9 Å². The maximum atomic E-state index is 12.5. The molecule has 5 rings (SSSR count). The summed E-state index contributed by atoms with van der Waals surface area (Å²) in [6.45, 7) is 8.57. The number of aryl methyl sites for hydroxylation is 1. The van der Waals surface area contributed by atoms with E-state index < -0.39 is 0 Å². The van der Waals surface area contributed by atoms with Gasteiger partial charge in [0.15, 0.2) is 5.65 Å². The number of carbonyl (C=O) groups excluding carboxylic acids is 1. The predicted molar refractivity (Wildman–Crippen MR) is 139 cm³/mol. The van der Waals surface area contributed by atoms with Crippen LogP contribution in [0.1, 0.15) is 42.6 Å². The largest absolute Gasteiger partial charge is 0.370 e. The van der Waals surface area contributed by atoms with Gasteiger partial charge in [-0.1, -0.05) is 38.1 Å². The highest BCUT2D eigenvalue weighted by Crippen LogP contribution is 2.36. The first-order chi connectivity index (χ1) is 17.3. The molecule has 0 aliphatic carbocycles. The molecule has 1 unspecified atom stereocenters. The molecule has 0 bridgehead atoms. The highest BCUT2D eigenvalue weighted by atomic mass is 16.5. The lowest BCUT2D eigenvalue weighted by atomic mass is 9.93. The first kappa shape index (κ1) is 24.1. The SMILES string of the molecule is Cc1cc(-c2n[nH]c(-c3ccc(C4CN(C(=O)CN(C)C)CCO4)cc3)c2C(C)C)cn2ncnc12. The number of ether oxygens (including phenoxy) is 1. The number of likely N-dealkylation sites (N-methyl/N-ethyl adjacent to an activating group) is 1. The number of nitrogens with one attached hydrogen (secondary N) is 1. The van der Waals surface area contributed by atoms with E-state index in [4.69, 9.17) is 9.84 Å². The quantitative estimate of drug-likeness (QED) is 0.446. The van der Waals surface area contributed by atoms with Crippen molar-refractivity contribution in [1.29, 1.82) is 0 Å². The summed E-state index contributed by atoms with van der Waals surface area (Å²) in [5.41, 5.74) is 8.14. The van der Waals surface area contributed by atoms with Crippen molar-refractivity contribution in [2.75, 3.05) is 40.3 Å². The normalized spacial score (nSPS) is 16.4. The molecule has 1 fully saturated rings. The molecule has 1 N–H and O–H groups in total. The van der Waals surface area contributed by atoms with E-state index in [0.717, 1.165) is 44.9 Å². The van der Waals surface area contributed by atoms with Crippen molar-refractivity contribution in [3.05, 3.63) is 59.5 Å². The monoisotopic (exact) mass is 487 g/mol. The van der Waals surface area contributed by atoms with Gasteiger partial charge in [0.1, 0.15) is 12.4 Å². The molecule has 1 atom stereocenters. The Bertz CT molecular complexity index is 1370. The van der Waals surface area contributed by atoms with Crippen LogP contribution in [0.25, 0.3) is 28.2 Å². The number of rotatable bonds is 6. The first-order valence-electron chi connectivity index (χ1n) is 12.3. The van der Waals surface area contributed by atoms with E-state index >= 15 is 0 Å². The Morgan fingerprint density at radius 1 is 1.22 bits per heavy atom. The third kappa shape index (κ3) is 4.64. The molecule has 0 radical (unpaired) electrons. The van der Waals surface area contributed by atoms with Gasteiger partial charge in [-0.25, -0.2) is 9.50 Å². The zero-order chi connectivity index (χ0) is 25.4. The minimum Gasteiger partial charge on any atom is -0.370 e. The summed E-state index contributed by atoms with van der Waals surface area (Å²) >= 11 is 0. The zero-order valence-corrected chi connectivity index (χ0v) is 21.5. The van der Waals surface area contributed by atoms with Crippen LogP contribution in [-0.4, -0.2) is 80.8 Å². The van der Waals surface area contributed by atoms with Gasteiger partial charge in [0.05, 0.1) is 31.1 Å². The Hall–Kier alpha value is -3.56. The maximum absolute atomic E-state index is 12.5. The van der Waals surface area contributed by atoms with E-state index in [2.05, 4.69) is 59.4 Å². The molecule has 0 spiro atoms. The second-order valence-electron chi connectivity index (χ2n) is 10.0. The van der Waals surface area contributed by atoms with Crippen LogP contribution in [0, 0.1) is 6.92 Å². The predicted octanol–water partition coefficient (Wildman–Crippen LogP) is 3.68. The van der Waals surface area contributed by atoms with Crippen molar-refractivity contribution >= 4 is 11.6 Å². The highest BCUT2D eigenvalue weighted by Gasteiger charge is 2.26. The minimum atomic E-state index is -0.127. The molecule has 3 aromatic heterocycles. The van der Waals surface area contributed by atoms with Crippen molar-refractivity contribution in [1.82, 2.24) is 34.6 Å². The fraction of sp³-hybridized carbons (Fsp3) is 0.407. The average molecular weight is 488 g/mol. The minimum absolute atomic E-state index is 0.127.